The number of carbonyl (C=O) groups excluding carboxylic acids is 2. The lowest BCUT2D eigenvalue weighted by Gasteiger charge is -2.40. The normalized spacial score (nSPS) is 22.7. The lowest BCUT2D eigenvalue weighted by Crippen LogP contribution is -2.60. The minimum Gasteiger partial charge on any atom is -0.462 e. The van der Waals surface area contributed by atoms with Gasteiger partial charge in [-0.1, -0.05) is 110 Å². The molecule has 6 atom stereocenters. The molecule has 12 nitrogen and oxygen atoms in total. The first kappa shape index (κ1) is 41.7. The summed E-state index contributed by atoms with van der Waals surface area (Å²) in [7, 11) is -4.58. The molecule has 0 saturated carbocycles. The molecule has 0 radical (unpaired) electrons. The van der Waals surface area contributed by atoms with E-state index in [-0.39, 0.29) is 19.4 Å². The first-order valence-corrected chi connectivity index (χ1v) is 18.7. The molecule has 0 spiro atoms. The molecule has 0 aliphatic carbocycles. The number of ether oxygens (including phenoxy) is 4. The minimum atomic E-state index is -4.58. The fourth-order valence-corrected chi connectivity index (χ4v) is 5.89. The molecule has 0 aromatic rings. The number of aliphatic hydroxyl groups excluding tert-OH is 3. The van der Waals surface area contributed by atoms with Gasteiger partial charge in [0.2, 0.25) is 0 Å². The van der Waals surface area contributed by atoms with Crippen LogP contribution in [0.2, 0.25) is 0 Å². The maximum atomic E-state index is 12.4. The van der Waals surface area contributed by atoms with Crippen molar-refractivity contribution in [2.24, 2.45) is 0 Å². The van der Waals surface area contributed by atoms with Gasteiger partial charge < -0.3 is 34.3 Å². The number of hydrogen-bond donors (Lipinski definition) is 4. The van der Waals surface area contributed by atoms with Crippen molar-refractivity contribution in [3.05, 3.63) is 0 Å². The van der Waals surface area contributed by atoms with E-state index in [1.807, 2.05) is 0 Å². The van der Waals surface area contributed by atoms with Gasteiger partial charge in [-0.05, 0) is 12.8 Å². The number of carbonyl (C=O) groups is 2. The van der Waals surface area contributed by atoms with Gasteiger partial charge in [0.05, 0.1) is 6.61 Å². The molecule has 1 fully saturated rings. The Morgan fingerprint density at radius 3 is 1.64 bits per heavy atom. The monoisotopic (exact) mass is 668 g/mol. The van der Waals surface area contributed by atoms with Crippen LogP contribution in [-0.2, 0) is 38.7 Å². The third kappa shape index (κ3) is 20.5. The van der Waals surface area contributed by atoms with Crippen LogP contribution in [-0.4, -0.2) is 96.0 Å². The lowest BCUT2D eigenvalue weighted by molar-refractivity contribution is -0.297. The van der Waals surface area contributed by atoms with Crippen molar-refractivity contribution in [3.8, 4) is 0 Å². The number of esters is 2. The highest BCUT2D eigenvalue weighted by atomic mass is 32.2. The Bertz CT molecular complexity index is 883. The third-order valence-electron chi connectivity index (χ3n) is 7.94. The summed E-state index contributed by atoms with van der Waals surface area (Å²) < 4.78 is 53.3. The van der Waals surface area contributed by atoms with Gasteiger partial charge in [0.1, 0.15) is 36.8 Å². The molecule has 0 bridgehead atoms. The molecule has 1 aliphatic heterocycles. The van der Waals surface area contributed by atoms with Crippen LogP contribution in [0.15, 0.2) is 0 Å². The average molecular weight is 669 g/mol. The average Bonchev–Trinajstić information content (AvgIpc) is 2.99. The van der Waals surface area contributed by atoms with E-state index < -0.39 is 71.2 Å². The van der Waals surface area contributed by atoms with Crippen molar-refractivity contribution in [1.29, 1.82) is 0 Å². The van der Waals surface area contributed by atoms with E-state index in [1.54, 1.807) is 0 Å². The van der Waals surface area contributed by atoms with Gasteiger partial charge in [0.15, 0.2) is 12.4 Å². The first-order chi connectivity index (χ1) is 21.5. The number of rotatable bonds is 27. The van der Waals surface area contributed by atoms with Gasteiger partial charge in [-0.2, -0.15) is 8.42 Å². The van der Waals surface area contributed by atoms with Crippen molar-refractivity contribution < 1.29 is 56.8 Å². The molecule has 1 aliphatic rings. The summed E-state index contributed by atoms with van der Waals surface area (Å²) >= 11 is 0. The van der Waals surface area contributed by atoms with Gasteiger partial charge >= 0.3 is 11.9 Å². The molecular formula is C32H60O12S. The van der Waals surface area contributed by atoms with Crippen molar-refractivity contribution in [2.45, 2.75) is 173 Å². The molecule has 45 heavy (non-hydrogen) atoms. The van der Waals surface area contributed by atoms with Gasteiger partial charge in [-0.25, -0.2) is 0 Å². The van der Waals surface area contributed by atoms with Crippen molar-refractivity contribution in [3.63, 3.8) is 0 Å². The van der Waals surface area contributed by atoms with Crippen LogP contribution in [0.3, 0.4) is 0 Å². The SMILES string of the molecule is CCCCCCCCCCCCCCCC(=O)OC[C@H](CO[C@@H]1O[C@H](CS(=O)(=O)O)[C@@H](O)[C@H](O)[C@H]1O)OC(=O)CCCCCC. The Labute approximate surface area is 270 Å². The fourth-order valence-electron chi connectivity index (χ4n) is 5.20. The Kier molecular flexibility index (Phi) is 22.9. The predicted octanol–water partition coefficient (Wildman–Crippen LogP) is 4.61. The van der Waals surface area contributed by atoms with Crippen molar-refractivity contribution >= 4 is 22.1 Å². The molecule has 0 aromatic carbocycles. The van der Waals surface area contributed by atoms with Crippen LogP contribution < -0.4 is 0 Å². The van der Waals surface area contributed by atoms with E-state index in [2.05, 4.69) is 13.8 Å². The second-order valence-corrected chi connectivity index (χ2v) is 13.7. The van der Waals surface area contributed by atoms with Gasteiger partial charge in [-0.15, -0.1) is 0 Å². The van der Waals surface area contributed by atoms with Crippen LogP contribution in [0.4, 0.5) is 0 Å². The van der Waals surface area contributed by atoms with Crippen molar-refractivity contribution in [1.82, 2.24) is 0 Å². The summed E-state index contributed by atoms with van der Waals surface area (Å²) in [5.41, 5.74) is 0. The zero-order chi connectivity index (χ0) is 33.5. The molecule has 0 amide bonds. The summed E-state index contributed by atoms with van der Waals surface area (Å²) in [5.74, 6) is -2.00. The lowest BCUT2D eigenvalue weighted by atomic mass is 10.00. The smallest absolute Gasteiger partial charge is 0.306 e. The number of aliphatic hydroxyl groups is 3. The van der Waals surface area contributed by atoms with Crippen LogP contribution in [0.1, 0.15) is 136 Å². The molecule has 1 heterocycles. The van der Waals surface area contributed by atoms with Crippen LogP contribution in [0.25, 0.3) is 0 Å². The Hall–Kier alpha value is -1.35. The van der Waals surface area contributed by atoms with E-state index in [0.717, 1.165) is 38.5 Å². The topological polar surface area (TPSA) is 186 Å². The highest BCUT2D eigenvalue weighted by Crippen LogP contribution is 2.24. The summed E-state index contributed by atoms with van der Waals surface area (Å²) in [6.45, 7) is 3.57. The van der Waals surface area contributed by atoms with Gasteiger partial charge in [0.25, 0.3) is 10.1 Å². The summed E-state index contributed by atoms with van der Waals surface area (Å²) in [4.78, 5) is 24.8. The number of hydrogen-bond acceptors (Lipinski definition) is 11. The Balaban J connectivity index is 2.47. The van der Waals surface area contributed by atoms with Gasteiger partial charge in [0, 0.05) is 12.8 Å². The first-order valence-electron chi connectivity index (χ1n) is 17.1. The second kappa shape index (κ2) is 24.8. The van der Waals surface area contributed by atoms with E-state index in [9.17, 15) is 33.3 Å². The molecule has 0 unspecified atom stereocenters. The molecule has 266 valence electrons. The molecule has 1 rings (SSSR count). The Morgan fingerprint density at radius 1 is 0.667 bits per heavy atom. The molecule has 13 heteroatoms. The third-order valence-corrected chi connectivity index (χ3v) is 8.69. The number of unbranched alkanes of at least 4 members (excludes halogenated alkanes) is 15. The van der Waals surface area contributed by atoms with Gasteiger partial charge in [-0.3, -0.25) is 14.1 Å². The van der Waals surface area contributed by atoms with E-state index in [4.69, 9.17) is 23.5 Å². The highest BCUT2D eigenvalue weighted by molar-refractivity contribution is 7.85. The fraction of sp³-hybridized carbons (Fsp3) is 0.938. The Morgan fingerprint density at radius 2 is 1.13 bits per heavy atom. The zero-order valence-corrected chi connectivity index (χ0v) is 28.3. The standard InChI is InChI=1S/C32H60O12S/c1-3-5-7-9-10-11-12-13-14-15-16-17-19-20-27(33)41-22-25(43-28(34)21-18-8-6-4-2)23-42-32-31(37)30(36)29(35)26(44-32)24-45(38,39)40/h25-26,29-32,35-37H,3-24H2,1-2H3,(H,38,39,40)/t25-,26-,29-,30+,31-,32-/m1/s1. The second-order valence-electron chi connectivity index (χ2n) is 12.2. The van der Waals surface area contributed by atoms with Crippen molar-refractivity contribution in [2.75, 3.05) is 19.0 Å². The molecule has 0 aromatic heterocycles. The maximum Gasteiger partial charge on any atom is 0.306 e. The van der Waals surface area contributed by atoms with Crippen LogP contribution in [0.5, 0.6) is 0 Å². The summed E-state index contributed by atoms with van der Waals surface area (Å²) in [6.07, 6.45) is 9.69. The van der Waals surface area contributed by atoms with E-state index in [1.165, 1.54) is 57.8 Å². The summed E-state index contributed by atoms with van der Waals surface area (Å²) in [5, 5.41) is 30.5. The highest BCUT2D eigenvalue weighted by Gasteiger charge is 2.46. The maximum absolute atomic E-state index is 12.4. The van der Waals surface area contributed by atoms with Crippen LogP contribution >= 0.6 is 0 Å². The largest absolute Gasteiger partial charge is 0.462 e. The van der Waals surface area contributed by atoms with Crippen LogP contribution in [0, 0.1) is 0 Å². The summed E-state index contributed by atoms with van der Waals surface area (Å²) in [6, 6.07) is 0. The molecular weight excluding hydrogens is 608 g/mol. The predicted molar refractivity (Wildman–Crippen MR) is 169 cm³/mol. The molecule has 1 saturated heterocycles. The van der Waals surface area contributed by atoms with E-state index >= 15 is 0 Å². The zero-order valence-electron chi connectivity index (χ0n) is 27.5. The minimum absolute atomic E-state index is 0.160. The quantitative estimate of drug-likeness (QED) is 0.0542. The van der Waals surface area contributed by atoms with E-state index in [0.29, 0.717) is 12.8 Å². The molecule has 4 N–H and O–H groups in total.